The van der Waals surface area contributed by atoms with Crippen molar-refractivity contribution in [1.29, 1.82) is 0 Å². The lowest BCUT2D eigenvalue weighted by atomic mass is 9.76. The molecule has 6 heteroatoms. The van der Waals surface area contributed by atoms with Gasteiger partial charge in [0.1, 0.15) is 11.2 Å². The number of nitrogens with one attached hydrogen (secondary N) is 1. The number of amides is 1. The van der Waals surface area contributed by atoms with Gasteiger partial charge in [-0.1, -0.05) is 12.8 Å². The van der Waals surface area contributed by atoms with E-state index in [1.807, 2.05) is 10.9 Å². The van der Waals surface area contributed by atoms with Gasteiger partial charge < -0.3 is 10.4 Å². The lowest BCUT2D eigenvalue weighted by molar-refractivity contribution is -0.148. The molecule has 1 aromatic heterocycles. The second-order valence-electron chi connectivity index (χ2n) is 5.81. The van der Waals surface area contributed by atoms with Crippen LogP contribution in [0.4, 0.5) is 0 Å². The minimum atomic E-state index is -1.08. The Balaban J connectivity index is 1.69. The minimum Gasteiger partial charge on any atom is -0.480 e. The number of hydrogen-bond acceptors (Lipinski definition) is 3. The Morgan fingerprint density at radius 1 is 1.30 bits per heavy atom. The summed E-state index contributed by atoms with van der Waals surface area (Å²) in [5.74, 6) is -1.34. The summed E-state index contributed by atoms with van der Waals surface area (Å²) >= 11 is 0. The quantitative estimate of drug-likeness (QED) is 0.878. The summed E-state index contributed by atoms with van der Waals surface area (Å²) in [5, 5.41) is 16.2. The maximum absolute atomic E-state index is 12.1. The molecule has 6 nitrogen and oxygen atoms in total. The molecule has 20 heavy (non-hydrogen) atoms. The van der Waals surface area contributed by atoms with Crippen LogP contribution >= 0.6 is 0 Å². The summed E-state index contributed by atoms with van der Waals surface area (Å²) in [6, 6.07) is 2.05. The number of carboxylic acids is 1. The first kappa shape index (κ1) is 13.1. The van der Waals surface area contributed by atoms with Gasteiger partial charge >= 0.3 is 5.97 Å². The van der Waals surface area contributed by atoms with Crippen LogP contribution in [0.2, 0.25) is 0 Å². The number of carbonyl (C=O) groups is 2. The monoisotopic (exact) mass is 277 g/mol. The third kappa shape index (κ3) is 2.19. The summed E-state index contributed by atoms with van der Waals surface area (Å²) in [7, 11) is 0. The Morgan fingerprint density at radius 3 is 2.55 bits per heavy atom. The van der Waals surface area contributed by atoms with E-state index in [0.717, 1.165) is 19.3 Å². The van der Waals surface area contributed by atoms with Crippen molar-refractivity contribution < 1.29 is 14.7 Å². The molecule has 0 saturated heterocycles. The molecule has 2 aliphatic carbocycles. The van der Waals surface area contributed by atoms with Crippen molar-refractivity contribution in [2.75, 3.05) is 0 Å². The standard InChI is InChI=1S/C14H19N3O3/c18-12(15-14(13(19)20)7-3-8-14)11-6-9-17(16-11)10-4-1-2-5-10/h6,9-10H,1-5,7-8H2,(H,15,18)(H,19,20). The maximum Gasteiger partial charge on any atom is 0.329 e. The second-order valence-corrected chi connectivity index (χ2v) is 5.81. The number of nitrogens with zero attached hydrogens (tertiary/aromatic N) is 2. The molecule has 2 saturated carbocycles. The Morgan fingerprint density at radius 2 is 2.00 bits per heavy atom. The molecule has 0 spiro atoms. The first-order chi connectivity index (χ1) is 9.61. The largest absolute Gasteiger partial charge is 0.480 e. The highest BCUT2D eigenvalue weighted by Gasteiger charge is 2.46. The predicted molar refractivity (Wildman–Crippen MR) is 71.4 cm³/mol. The molecule has 0 bridgehead atoms. The van der Waals surface area contributed by atoms with Gasteiger partial charge in [-0.05, 0) is 38.2 Å². The molecule has 1 amide bonds. The van der Waals surface area contributed by atoms with Gasteiger partial charge in [0, 0.05) is 6.20 Å². The van der Waals surface area contributed by atoms with Crippen LogP contribution in [0.5, 0.6) is 0 Å². The number of aromatic nitrogens is 2. The molecule has 0 aliphatic heterocycles. The normalized spacial score (nSPS) is 21.4. The summed E-state index contributed by atoms with van der Waals surface area (Å²) in [6.45, 7) is 0. The van der Waals surface area contributed by atoms with Gasteiger partial charge in [0.05, 0.1) is 6.04 Å². The van der Waals surface area contributed by atoms with Crippen molar-refractivity contribution in [2.24, 2.45) is 0 Å². The van der Waals surface area contributed by atoms with E-state index in [4.69, 9.17) is 0 Å². The zero-order chi connectivity index (χ0) is 14.2. The topological polar surface area (TPSA) is 84.2 Å². The first-order valence-electron chi connectivity index (χ1n) is 7.22. The third-order valence-electron chi connectivity index (χ3n) is 4.51. The average Bonchev–Trinajstić information content (AvgIpc) is 3.01. The number of rotatable bonds is 4. The van der Waals surface area contributed by atoms with Crippen LogP contribution in [0.1, 0.15) is 61.5 Å². The van der Waals surface area contributed by atoms with Crippen molar-refractivity contribution in [1.82, 2.24) is 15.1 Å². The molecule has 0 unspecified atom stereocenters. The Labute approximate surface area is 117 Å². The summed E-state index contributed by atoms with van der Waals surface area (Å²) in [4.78, 5) is 23.4. The molecule has 2 fully saturated rings. The lowest BCUT2D eigenvalue weighted by Crippen LogP contribution is -2.59. The van der Waals surface area contributed by atoms with Crippen LogP contribution in [0.25, 0.3) is 0 Å². The summed E-state index contributed by atoms with van der Waals surface area (Å²) in [6.07, 6.45) is 8.25. The Hall–Kier alpha value is -1.85. The zero-order valence-electron chi connectivity index (χ0n) is 11.3. The molecule has 2 N–H and O–H groups in total. The van der Waals surface area contributed by atoms with Gasteiger partial charge in [0.2, 0.25) is 0 Å². The van der Waals surface area contributed by atoms with E-state index in [-0.39, 0.29) is 5.91 Å². The highest BCUT2D eigenvalue weighted by Crippen LogP contribution is 2.32. The minimum absolute atomic E-state index is 0.310. The SMILES string of the molecule is O=C(NC1(C(=O)O)CCC1)c1ccn(C2CCCC2)n1. The van der Waals surface area contributed by atoms with Crippen LogP contribution in [-0.2, 0) is 4.79 Å². The molecule has 0 radical (unpaired) electrons. The van der Waals surface area contributed by atoms with E-state index >= 15 is 0 Å². The van der Waals surface area contributed by atoms with Crippen LogP contribution in [0.15, 0.2) is 12.3 Å². The predicted octanol–water partition coefficient (Wildman–Crippen LogP) is 1.74. The highest BCUT2D eigenvalue weighted by molar-refractivity contribution is 5.96. The molecule has 1 heterocycles. The number of carbonyl (C=O) groups excluding carboxylic acids is 1. The van der Waals surface area contributed by atoms with E-state index in [1.165, 1.54) is 12.8 Å². The molecule has 108 valence electrons. The summed E-state index contributed by atoms with van der Waals surface area (Å²) < 4.78 is 1.84. The van der Waals surface area contributed by atoms with Gasteiger partial charge in [-0.3, -0.25) is 9.48 Å². The fourth-order valence-corrected chi connectivity index (χ4v) is 3.04. The van der Waals surface area contributed by atoms with E-state index < -0.39 is 11.5 Å². The first-order valence-corrected chi connectivity index (χ1v) is 7.22. The van der Waals surface area contributed by atoms with Crippen molar-refractivity contribution in [3.8, 4) is 0 Å². The van der Waals surface area contributed by atoms with Crippen molar-refractivity contribution in [2.45, 2.75) is 56.5 Å². The third-order valence-corrected chi connectivity index (χ3v) is 4.51. The van der Waals surface area contributed by atoms with Gasteiger partial charge in [-0.25, -0.2) is 4.79 Å². The van der Waals surface area contributed by atoms with Gasteiger partial charge in [0.25, 0.3) is 5.91 Å². The molecular weight excluding hydrogens is 258 g/mol. The van der Waals surface area contributed by atoms with Crippen molar-refractivity contribution in [3.63, 3.8) is 0 Å². The van der Waals surface area contributed by atoms with Crippen molar-refractivity contribution in [3.05, 3.63) is 18.0 Å². The van der Waals surface area contributed by atoms with Crippen LogP contribution in [-0.4, -0.2) is 32.3 Å². The van der Waals surface area contributed by atoms with Gasteiger partial charge in [-0.2, -0.15) is 5.10 Å². The van der Waals surface area contributed by atoms with E-state index in [9.17, 15) is 14.7 Å². The number of aliphatic carboxylic acids is 1. The smallest absolute Gasteiger partial charge is 0.329 e. The lowest BCUT2D eigenvalue weighted by Gasteiger charge is -2.37. The molecule has 2 aliphatic rings. The van der Waals surface area contributed by atoms with Crippen LogP contribution in [0.3, 0.4) is 0 Å². The number of carboxylic acid groups (broad SMARTS) is 1. The molecule has 0 aromatic carbocycles. The van der Waals surface area contributed by atoms with E-state index in [1.54, 1.807) is 6.07 Å². The molecule has 0 atom stereocenters. The van der Waals surface area contributed by atoms with Gasteiger partial charge in [-0.15, -0.1) is 0 Å². The zero-order valence-corrected chi connectivity index (χ0v) is 11.3. The fraction of sp³-hybridized carbons (Fsp3) is 0.643. The molecular formula is C14H19N3O3. The molecule has 3 rings (SSSR count). The average molecular weight is 277 g/mol. The van der Waals surface area contributed by atoms with E-state index in [0.29, 0.717) is 24.6 Å². The van der Waals surface area contributed by atoms with E-state index in [2.05, 4.69) is 10.4 Å². The summed E-state index contributed by atoms with van der Waals surface area (Å²) in [5.41, 5.74) is -0.766. The second kappa shape index (κ2) is 4.92. The Bertz CT molecular complexity index is 528. The van der Waals surface area contributed by atoms with Crippen molar-refractivity contribution >= 4 is 11.9 Å². The fourth-order valence-electron chi connectivity index (χ4n) is 3.04. The maximum atomic E-state index is 12.1. The highest BCUT2D eigenvalue weighted by atomic mass is 16.4. The number of hydrogen-bond donors (Lipinski definition) is 2. The van der Waals surface area contributed by atoms with Crippen LogP contribution < -0.4 is 5.32 Å². The van der Waals surface area contributed by atoms with Crippen LogP contribution in [0, 0.1) is 0 Å². The van der Waals surface area contributed by atoms with Gasteiger partial charge in [0.15, 0.2) is 0 Å². The Kier molecular flexibility index (Phi) is 3.23. The molecule has 1 aromatic rings.